The van der Waals surface area contributed by atoms with Crippen molar-refractivity contribution in [2.45, 2.75) is 0 Å². The lowest BCUT2D eigenvalue weighted by Gasteiger charge is -2.25. The smallest absolute Gasteiger partial charge is 0.102 e. The maximum Gasteiger partial charge on any atom is 0.102 e. The van der Waals surface area contributed by atoms with E-state index in [-0.39, 0.29) is 0 Å². The number of nitrogens with zero attached hydrogens (tertiary/aromatic N) is 4. The molecule has 0 bridgehead atoms. The van der Waals surface area contributed by atoms with E-state index in [0.717, 1.165) is 114 Å². The number of benzene rings is 12. The predicted octanol–water partition coefficient (Wildman–Crippen LogP) is 20.7. The molecule has 0 N–H and O–H groups in total. The fourth-order valence-corrected chi connectivity index (χ4v) is 15.3. The van der Waals surface area contributed by atoms with Gasteiger partial charge in [-0.2, -0.15) is 10.5 Å². The van der Waals surface area contributed by atoms with Crippen LogP contribution in [-0.2, 0) is 0 Å². The van der Waals surface area contributed by atoms with Crippen LogP contribution in [0.15, 0.2) is 255 Å². The topological polar surface area (TPSA) is 57.4 Å². The minimum absolute atomic E-state index is 0.417. The van der Waals surface area contributed by atoms with Crippen LogP contribution >= 0.6 is 22.7 Å². The van der Waals surface area contributed by atoms with Crippen LogP contribution in [0.5, 0.6) is 0 Å². The van der Waals surface area contributed by atoms with E-state index in [9.17, 15) is 10.5 Å². The molecule has 0 aliphatic rings. The fourth-order valence-electron chi connectivity index (χ4n) is 12.7. The lowest BCUT2D eigenvalue weighted by molar-refractivity contribution is 1.13. The zero-order chi connectivity index (χ0) is 53.0. The van der Waals surface area contributed by atoms with Crippen molar-refractivity contribution in [2.24, 2.45) is 0 Å². The first kappa shape index (κ1) is 45.8. The first-order valence-electron chi connectivity index (χ1n) is 26.8. The minimum Gasteiger partial charge on any atom is -0.307 e. The third-order valence-electron chi connectivity index (χ3n) is 16.2. The number of nitriles is 2. The summed E-state index contributed by atoms with van der Waals surface area (Å²) < 4.78 is 9.43. The molecular formula is C74H42N4S2. The lowest BCUT2D eigenvalue weighted by Crippen LogP contribution is -2.11. The summed E-state index contributed by atoms with van der Waals surface area (Å²) in [6.45, 7) is 0. The number of fused-ring (bicyclic) bond motifs is 14. The molecule has 0 radical (unpaired) electrons. The highest BCUT2D eigenvalue weighted by molar-refractivity contribution is 7.27. The molecule has 0 atom stereocenters. The van der Waals surface area contributed by atoms with Crippen LogP contribution in [0.1, 0.15) is 11.1 Å². The first-order valence-corrected chi connectivity index (χ1v) is 28.4. The second kappa shape index (κ2) is 18.1. The van der Waals surface area contributed by atoms with E-state index >= 15 is 0 Å². The van der Waals surface area contributed by atoms with E-state index in [2.05, 4.69) is 240 Å². The van der Waals surface area contributed by atoms with Gasteiger partial charge in [-0.1, -0.05) is 224 Å². The van der Waals surface area contributed by atoms with Crippen LogP contribution in [0.25, 0.3) is 151 Å². The van der Waals surface area contributed by atoms with Gasteiger partial charge in [-0.25, -0.2) is 0 Å². The van der Waals surface area contributed by atoms with E-state index in [4.69, 9.17) is 0 Å². The summed E-state index contributed by atoms with van der Waals surface area (Å²) in [5, 5.41) is 33.6. The van der Waals surface area contributed by atoms with E-state index < -0.39 is 0 Å². The Morgan fingerprint density at radius 3 is 1.26 bits per heavy atom. The molecule has 370 valence electrons. The van der Waals surface area contributed by atoms with E-state index in [1.807, 2.05) is 47.7 Å². The van der Waals surface area contributed by atoms with Gasteiger partial charge in [0.25, 0.3) is 0 Å². The van der Waals surface area contributed by atoms with Gasteiger partial charge in [-0.3, -0.25) is 0 Å². The average molecular weight is 1050 g/mol. The summed E-state index contributed by atoms with van der Waals surface area (Å²) >= 11 is 3.61. The number of hydrogen-bond acceptors (Lipinski definition) is 4. The Bertz CT molecular complexity index is 5190. The molecule has 4 heterocycles. The van der Waals surface area contributed by atoms with Gasteiger partial charge in [0.15, 0.2) is 0 Å². The van der Waals surface area contributed by atoms with E-state index in [1.54, 1.807) is 11.3 Å². The second-order valence-electron chi connectivity index (χ2n) is 20.4. The molecule has 80 heavy (non-hydrogen) atoms. The van der Waals surface area contributed by atoms with Crippen molar-refractivity contribution in [1.82, 2.24) is 9.13 Å². The zero-order valence-corrected chi connectivity index (χ0v) is 44.5. The normalized spacial score (nSPS) is 11.7. The lowest BCUT2D eigenvalue weighted by atomic mass is 9.86. The zero-order valence-electron chi connectivity index (χ0n) is 42.9. The molecule has 0 spiro atoms. The second-order valence-corrected chi connectivity index (χ2v) is 22.5. The van der Waals surface area contributed by atoms with Crippen LogP contribution in [0.2, 0.25) is 0 Å². The average Bonchev–Trinajstić information content (AvgIpc) is 4.34. The third kappa shape index (κ3) is 6.77. The van der Waals surface area contributed by atoms with Crippen molar-refractivity contribution in [2.75, 3.05) is 0 Å². The third-order valence-corrected chi connectivity index (χ3v) is 18.7. The summed E-state index contributed by atoms with van der Waals surface area (Å²) in [5.74, 6) is 0. The van der Waals surface area contributed by atoms with Crippen LogP contribution in [0.4, 0.5) is 0 Å². The van der Waals surface area contributed by atoms with Gasteiger partial charge in [0, 0.05) is 63.6 Å². The molecule has 0 saturated carbocycles. The monoisotopic (exact) mass is 1050 g/mol. The summed E-state index contributed by atoms with van der Waals surface area (Å²) in [7, 11) is 0. The Morgan fingerprint density at radius 2 is 0.713 bits per heavy atom. The number of hydrogen-bond donors (Lipinski definition) is 0. The van der Waals surface area contributed by atoms with Gasteiger partial charge in [-0.15, -0.1) is 22.7 Å². The van der Waals surface area contributed by atoms with Crippen LogP contribution in [0, 0.1) is 22.7 Å². The maximum absolute atomic E-state index is 12.4. The molecule has 4 aromatic heterocycles. The number of thiophene rings is 2. The van der Waals surface area contributed by atoms with E-state index in [0.29, 0.717) is 22.4 Å². The molecule has 0 aliphatic carbocycles. The molecule has 0 aliphatic heterocycles. The van der Waals surface area contributed by atoms with Gasteiger partial charge in [0.1, 0.15) is 12.1 Å². The Kier molecular flexibility index (Phi) is 10.4. The summed E-state index contributed by atoms with van der Waals surface area (Å²) in [4.78, 5) is 0. The fraction of sp³-hybridized carbons (Fsp3) is 0. The van der Waals surface area contributed by atoms with Crippen LogP contribution in [-0.4, -0.2) is 9.13 Å². The largest absolute Gasteiger partial charge is 0.307 e. The Balaban J connectivity index is 1.16. The predicted molar refractivity (Wildman–Crippen MR) is 338 cm³/mol. The molecule has 0 amide bonds. The van der Waals surface area contributed by atoms with Gasteiger partial charge in [0.05, 0.1) is 54.0 Å². The summed E-state index contributed by atoms with van der Waals surface area (Å²) in [5.41, 5.74) is 16.0. The number of rotatable bonds is 7. The molecular weight excluding hydrogens is 1010 g/mol. The molecule has 4 nitrogen and oxygen atoms in total. The van der Waals surface area contributed by atoms with Crippen molar-refractivity contribution < 1.29 is 0 Å². The molecule has 16 aromatic rings. The van der Waals surface area contributed by atoms with Crippen LogP contribution < -0.4 is 0 Å². The number of aromatic nitrogens is 2. The molecule has 0 saturated heterocycles. The highest BCUT2D eigenvalue weighted by Crippen LogP contribution is 2.53. The van der Waals surface area contributed by atoms with Crippen molar-refractivity contribution in [3.63, 3.8) is 0 Å². The Hall–Kier alpha value is -10.3. The summed E-state index contributed by atoms with van der Waals surface area (Å²) in [6, 6.07) is 96.0. The van der Waals surface area contributed by atoms with Gasteiger partial charge < -0.3 is 9.13 Å². The first-order chi connectivity index (χ1) is 39.6. The standard InChI is InChI=1S/C74H42N4S2/c75-43-61-66(48-25-12-4-13-26-48)62(44-76)69(67(49-27-14-5-15-28-49)68(61)77-63-39-33-50(45-19-6-1-7-20-45)41-59(63)60-42-51(34-40-64(60)77)46-21-8-2-9-22-46)78-70-54(35-37-57-53-29-16-17-32-65(53)79-73(57)70)55-36-38-58-56-31-18-30-52(47-23-10-3-11-24-47)72(56)80-74(58)71(55)78/h1-42H. The van der Waals surface area contributed by atoms with E-state index in [1.165, 1.54) is 25.7 Å². The van der Waals surface area contributed by atoms with Crippen molar-refractivity contribution >= 4 is 107 Å². The molecule has 6 heteroatoms. The molecule has 16 rings (SSSR count). The molecule has 0 unspecified atom stereocenters. The van der Waals surface area contributed by atoms with Gasteiger partial charge >= 0.3 is 0 Å². The Morgan fingerprint density at radius 1 is 0.287 bits per heavy atom. The molecule has 0 fully saturated rings. The maximum atomic E-state index is 12.4. The highest BCUT2D eigenvalue weighted by Gasteiger charge is 2.33. The van der Waals surface area contributed by atoms with Crippen molar-refractivity contribution in [3.05, 3.63) is 266 Å². The van der Waals surface area contributed by atoms with Crippen molar-refractivity contribution in [3.8, 4) is 79.1 Å². The Labute approximate surface area is 468 Å². The van der Waals surface area contributed by atoms with Crippen LogP contribution in [0.3, 0.4) is 0 Å². The summed E-state index contributed by atoms with van der Waals surface area (Å²) in [6.07, 6.45) is 0. The van der Waals surface area contributed by atoms with Crippen molar-refractivity contribution in [1.29, 1.82) is 10.5 Å². The highest BCUT2D eigenvalue weighted by atomic mass is 32.1. The molecule has 12 aromatic carbocycles. The minimum atomic E-state index is 0.417. The van der Waals surface area contributed by atoms with Gasteiger partial charge in [-0.05, 0) is 74.8 Å². The quantitative estimate of drug-likeness (QED) is 0.160. The SMILES string of the molecule is N#Cc1c(-c2ccccc2)c(C#N)c(-n2c3c(ccc4c5ccccc5sc43)c3ccc4c5cccc(-c6ccccc6)c5sc4c32)c(-c2ccccc2)c1-n1c2ccc(-c3ccccc3)cc2c2cc(-c3ccccc3)ccc21. The van der Waals surface area contributed by atoms with Gasteiger partial charge in [0.2, 0.25) is 0 Å².